The molecule has 0 saturated carbocycles. The number of nitrogens with zero attached hydrogens (tertiary/aromatic N) is 2. The van der Waals surface area contributed by atoms with Crippen LogP contribution >= 0.6 is 0 Å². The van der Waals surface area contributed by atoms with Crippen molar-refractivity contribution in [2.75, 3.05) is 0 Å². The first kappa shape index (κ1) is 14.9. The number of nitrogens with one attached hydrogen (secondary N) is 1. The van der Waals surface area contributed by atoms with Crippen molar-refractivity contribution in [1.82, 2.24) is 14.5 Å². The first-order valence-electron chi connectivity index (χ1n) is 6.61. The van der Waals surface area contributed by atoms with Crippen LogP contribution in [-0.4, -0.2) is 20.8 Å². The maximum absolute atomic E-state index is 11.9. The van der Waals surface area contributed by atoms with Crippen molar-refractivity contribution in [2.45, 2.75) is 26.3 Å². The largest absolute Gasteiger partial charge is 0.413 e. The van der Waals surface area contributed by atoms with E-state index in [0.717, 1.165) is 0 Å². The van der Waals surface area contributed by atoms with Crippen LogP contribution in [0.15, 0.2) is 41.5 Å². The molecule has 0 radical (unpaired) electrons. The summed E-state index contributed by atoms with van der Waals surface area (Å²) in [6.45, 7) is 5.61. The smallest absolute Gasteiger partial charge is 0.410 e. The van der Waals surface area contributed by atoms with Crippen molar-refractivity contribution < 1.29 is 9.53 Å². The molecule has 0 atom stereocenters. The molecule has 6 nitrogen and oxygen atoms in total. The van der Waals surface area contributed by atoms with Crippen molar-refractivity contribution >= 4 is 6.09 Å². The molecule has 0 aliphatic carbocycles. The van der Waals surface area contributed by atoms with Gasteiger partial charge in [-0.1, -0.05) is 6.07 Å². The maximum atomic E-state index is 11.9. The molecule has 0 saturated heterocycles. The molecule has 1 amide bonds. The second-order valence-electron chi connectivity index (χ2n) is 5.82. The van der Waals surface area contributed by atoms with Crippen LogP contribution in [0.25, 0.3) is 5.69 Å². The molecule has 2 rings (SSSR count). The van der Waals surface area contributed by atoms with E-state index in [0.29, 0.717) is 11.4 Å². The number of amides is 1. The molecular formula is C15H19N3O3. The van der Waals surface area contributed by atoms with E-state index in [-0.39, 0.29) is 11.2 Å². The molecule has 2 aromatic rings. The van der Waals surface area contributed by atoms with Crippen LogP contribution < -0.4 is 15.7 Å². The summed E-state index contributed by atoms with van der Waals surface area (Å²) in [6.07, 6.45) is 2.80. The zero-order valence-corrected chi connectivity index (χ0v) is 12.6. The summed E-state index contributed by atoms with van der Waals surface area (Å²) in [7, 11) is 1.68. The van der Waals surface area contributed by atoms with Gasteiger partial charge in [0.25, 0.3) is 0 Å². The SMILES string of the molecule is Cn1ccn(-c2cccc(OC(=O)NC(C)(C)C)c2)c1=O. The molecule has 1 heterocycles. The third-order valence-corrected chi connectivity index (χ3v) is 2.73. The van der Waals surface area contributed by atoms with Gasteiger partial charge in [0.1, 0.15) is 5.75 Å². The quantitative estimate of drug-likeness (QED) is 0.920. The molecule has 0 aliphatic heterocycles. The molecule has 112 valence electrons. The van der Waals surface area contributed by atoms with Crippen LogP contribution in [0.5, 0.6) is 5.75 Å². The van der Waals surface area contributed by atoms with Gasteiger partial charge < -0.3 is 14.6 Å². The van der Waals surface area contributed by atoms with E-state index in [1.807, 2.05) is 20.8 Å². The summed E-state index contributed by atoms with van der Waals surface area (Å²) >= 11 is 0. The van der Waals surface area contributed by atoms with Gasteiger partial charge in [0.2, 0.25) is 0 Å². The minimum Gasteiger partial charge on any atom is -0.410 e. The Morgan fingerprint density at radius 3 is 2.52 bits per heavy atom. The van der Waals surface area contributed by atoms with Gasteiger partial charge >= 0.3 is 11.8 Å². The van der Waals surface area contributed by atoms with E-state index in [1.165, 1.54) is 9.13 Å². The van der Waals surface area contributed by atoms with Gasteiger partial charge in [0, 0.05) is 31.0 Å². The van der Waals surface area contributed by atoms with Gasteiger partial charge in [-0.15, -0.1) is 0 Å². The fourth-order valence-electron chi connectivity index (χ4n) is 1.80. The first-order valence-corrected chi connectivity index (χ1v) is 6.61. The summed E-state index contributed by atoms with van der Waals surface area (Å²) in [5, 5.41) is 2.71. The first-order chi connectivity index (χ1) is 9.76. The van der Waals surface area contributed by atoms with Crippen molar-refractivity contribution in [2.24, 2.45) is 7.05 Å². The number of hydrogen-bond acceptors (Lipinski definition) is 3. The Morgan fingerprint density at radius 1 is 1.24 bits per heavy atom. The predicted octanol–water partition coefficient (Wildman–Crippen LogP) is 2.06. The van der Waals surface area contributed by atoms with Crippen molar-refractivity contribution in [3.05, 3.63) is 47.1 Å². The topological polar surface area (TPSA) is 65.3 Å². The average Bonchev–Trinajstić information content (AvgIpc) is 2.68. The van der Waals surface area contributed by atoms with Crippen molar-refractivity contribution in [3.8, 4) is 11.4 Å². The van der Waals surface area contributed by atoms with Gasteiger partial charge in [-0.3, -0.25) is 4.57 Å². The van der Waals surface area contributed by atoms with Crippen LogP contribution in [0.3, 0.4) is 0 Å². The van der Waals surface area contributed by atoms with Crippen molar-refractivity contribution in [3.63, 3.8) is 0 Å². The van der Waals surface area contributed by atoms with E-state index >= 15 is 0 Å². The number of aromatic nitrogens is 2. The lowest BCUT2D eigenvalue weighted by Crippen LogP contribution is -2.42. The van der Waals surface area contributed by atoms with E-state index < -0.39 is 6.09 Å². The summed E-state index contributed by atoms with van der Waals surface area (Å²) in [6, 6.07) is 6.81. The second-order valence-corrected chi connectivity index (χ2v) is 5.82. The van der Waals surface area contributed by atoms with Gasteiger partial charge in [-0.05, 0) is 32.9 Å². The summed E-state index contributed by atoms with van der Waals surface area (Å²) in [4.78, 5) is 23.6. The molecule has 0 fully saturated rings. The minimum absolute atomic E-state index is 0.161. The summed E-state index contributed by atoms with van der Waals surface area (Å²) in [5.74, 6) is 0.380. The minimum atomic E-state index is -0.528. The number of imidazole rings is 1. The standard InChI is InChI=1S/C15H19N3O3/c1-15(2,3)16-13(19)21-12-7-5-6-11(10-12)18-9-8-17(4)14(18)20/h5-10H,1-4H3,(H,16,19). The van der Waals surface area contributed by atoms with Crippen molar-refractivity contribution in [1.29, 1.82) is 0 Å². The third kappa shape index (κ3) is 3.75. The normalized spacial score (nSPS) is 11.2. The molecule has 0 aliphatic rings. The fraction of sp³-hybridized carbons (Fsp3) is 0.333. The molecule has 1 aromatic carbocycles. The van der Waals surface area contributed by atoms with E-state index in [2.05, 4.69) is 5.32 Å². The Hall–Kier alpha value is -2.50. The number of aryl methyl sites for hydroxylation is 1. The Morgan fingerprint density at radius 2 is 1.95 bits per heavy atom. The lowest BCUT2D eigenvalue weighted by atomic mass is 10.1. The monoisotopic (exact) mass is 289 g/mol. The van der Waals surface area contributed by atoms with E-state index in [9.17, 15) is 9.59 Å². The summed E-state index contributed by atoms with van der Waals surface area (Å²) < 4.78 is 8.18. The highest BCUT2D eigenvalue weighted by molar-refractivity contribution is 5.71. The van der Waals surface area contributed by atoms with Crippen LogP contribution in [0.2, 0.25) is 0 Å². The molecule has 21 heavy (non-hydrogen) atoms. The van der Waals surface area contributed by atoms with Crippen LogP contribution in [0.1, 0.15) is 20.8 Å². The average molecular weight is 289 g/mol. The highest BCUT2D eigenvalue weighted by atomic mass is 16.6. The Balaban J connectivity index is 2.21. The second kappa shape index (κ2) is 5.47. The Labute approximate surface area is 123 Å². The fourth-order valence-corrected chi connectivity index (χ4v) is 1.80. The van der Waals surface area contributed by atoms with Gasteiger partial charge in [-0.2, -0.15) is 0 Å². The molecule has 1 aromatic heterocycles. The predicted molar refractivity (Wildman–Crippen MR) is 79.9 cm³/mol. The third-order valence-electron chi connectivity index (χ3n) is 2.73. The molecule has 0 unspecified atom stereocenters. The Kier molecular flexibility index (Phi) is 3.88. The maximum Gasteiger partial charge on any atom is 0.413 e. The highest BCUT2D eigenvalue weighted by Crippen LogP contribution is 2.16. The van der Waals surface area contributed by atoms with Gasteiger partial charge in [0.05, 0.1) is 5.69 Å². The van der Waals surface area contributed by atoms with Gasteiger partial charge in [0.15, 0.2) is 0 Å². The summed E-state index contributed by atoms with van der Waals surface area (Å²) in [5.41, 5.74) is 0.110. The molecule has 0 spiro atoms. The van der Waals surface area contributed by atoms with E-state index in [1.54, 1.807) is 43.7 Å². The molecule has 1 N–H and O–H groups in total. The molecule has 0 bridgehead atoms. The molecule has 6 heteroatoms. The Bertz CT molecular complexity index is 707. The number of benzene rings is 1. The number of ether oxygens (including phenoxy) is 1. The highest BCUT2D eigenvalue weighted by Gasteiger charge is 2.15. The van der Waals surface area contributed by atoms with Gasteiger partial charge in [-0.25, -0.2) is 9.59 Å². The zero-order chi connectivity index (χ0) is 15.6. The van der Waals surface area contributed by atoms with Crippen LogP contribution in [0, 0.1) is 0 Å². The molecular weight excluding hydrogens is 270 g/mol. The van der Waals surface area contributed by atoms with E-state index in [4.69, 9.17) is 4.74 Å². The number of hydrogen-bond donors (Lipinski definition) is 1. The lowest BCUT2D eigenvalue weighted by molar-refractivity contribution is 0.190. The van der Waals surface area contributed by atoms with Crippen LogP contribution in [-0.2, 0) is 7.05 Å². The number of rotatable bonds is 2. The van der Waals surface area contributed by atoms with Crippen LogP contribution in [0.4, 0.5) is 4.79 Å². The zero-order valence-electron chi connectivity index (χ0n) is 12.6. The lowest BCUT2D eigenvalue weighted by Gasteiger charge is -2.19. The number of carbonyl (C=O) groups excluding carboxylic acids is 1. The number of carbonyl (C=O) groups is 1.